The fourth-order valence-electron chi connectivity index (χ4n) is 2.15. The molecule has 5 nitrogen and oxygen atoms in total. The third-order valence-electron chi connectivity index (χ3n) is 3.96. The molecule has 180 valence electrons. The van der Waals surface area contributed by atoms with E-state index in [1.54, 1.807) is 0 Å². The highest BCUT2D eigenvalue weighted by Crippen LogP contribution is 2.46. The van der Waals surface area contributed by atoms with E-state index in [-0.39, 0.29) is 18.1 Å². The number of aromatic hydroxyl groups is 1. The minimum atomic E-state index is -5.65. The van der Waals surface area contributed by atoms with Gasteiger partial charge in [0, 0.05) is 6.61 Å². The molecule has 0 amide bonds. The van der Waals surface area contributed by atoms with Crippen LogP contribution in [0.25, 0.3) is 10.8 Å². The molecule has 0 aromatic heterocycles. The topological polar surface area (TPSA) is 76.0 Å². The molecule has 32 heavy (non-hydrogen) atoms. The molecule has 0 saturated heterocycles. The number of phenols is 1. The Morgan fingerprint density at radius 3 is 2.03 bits per heavy atom. The third-order valence-corrected chi connectivity index (χ3v) is 4.15. The van der Waals surface area contributed by atoms with Gasteiger partial charge in [-0.15, -0.1) is 11.6 Å². The van der Waals surface area contributed by atoms with E-state index in [1.165, 1.54) is 50.2 Å². The summed E-state index contributed by atoms with van der Waals surface area (Å²) in [4.78, 5) is 9.57. The minimum absolute atomic E-state index is 0.0196. The largest absolute Gasteiger partial charge is 0.508 e. The number of ether oxygens (including phenoxy) is 2. The predicted octanol–water partition coefficient (Wildman–Crippen LogP) is 5.56. The predicted molar refractivity (Wildman–Crippen MR) is 105 cm³/mol. The summed E-state index contributed by atoms with van der Waals surface area (Å²) in [7, 11) is 0. The molecule has 0 fully saturated rings. The van der Waals surface area contributed by atoms with Crippen molar-refractivity contribution in [2.75, 3.05) is 19.8 Å². The van der Waals surface area contributed by atoms with Gasteiger partial charge in [0.25, 0.3) is 0 Å². The second-order valence-corrected chi connectivity index (χ2v) is 7.21. The molecule has 0 radical (unpaired) electrons. The number of hydrogen-bond donors (Lipinski definition) is 2. The Morgan fingerprint density at radius 2 is 1.50 bits per heavy atom. The number of carbonyl (C=O) groups is 1. The van der Waals surface area contributed by atoms with Crippen molar-refractivity contribution >= 4 is 28.3 Å². The zero-order chi connectivity index (χ0) is 24.7. The van der Waals surface area contributed by atoms with E-state index in [4.69, 9.17) is 16.7 Å². The molecule has 2 N–H and O–H groups in total. The molecular weight excluding hydrogens is 470 g/mol. The van der Waals surface area contributed by atoms with Crippen molar-refractivity contribution in [1.82, 2.24) is 0 Å². The lowest BCUT2D eigenvalue weighted by Crippen LogP contribution is -2.58. The SMILES string of the molecule is CC(Cl)C(=O)O.CCOCC(F)(F)C(F)(F)C(F)(F)COc1ccc2cc(O)ccc2c1. The molecule has 0 saturated carbocycles. The molecule has 0 aliphatic heterocycles. The van der Waals surface area contributed by atoms with Crippen LogP contribution in [0.3, 0.4) is 0 Å². The first kappa shape index (κ1) is 27.6. The number of fused-ring (bicyclic) bond motifs is 1. The van der Waals surface area contributed by atoms with Crippen molar-refractivity contribution in [2.24, 2.45) is 0 Å². The number of halogens is 7. The summed E-state index contributed by atoms with van der Waals surface area (Å²) >= 11 is 5.01. The summed E-state index contributed by atoms with van der Waals surface area (Å²) in [5.41, 5.74) is 0. The molecular formula is C20H21ClF6O5. The number of carboxylic acid groups (broad SMARTS) is 1. The van der Waals surface area contributed by atoms with Crippen molar-refractivity contribution in [1.29, 1.82) is 0 Å². The Morgan fingerprint density at radius 1 is 1.00 bits per heavy atom. The van der Waals surface area contributed by atoms with Gasteiger partial charge >= 0.3 is 23.7 Å². The molecule has 0 bridgehead atoms. The minimum Gasteiger partial charge on any atom is -0.508 e. The number of benzene rings is 2. The van der Waals surface area contributed by atoms with Gasteiger partial charge < -0.3 is 19.7 Å². The number of carboxylic acids is 1. The van der Waals surface area contributed by atoms with Crippen LogP contribution in [0, 0.1) is 0 Å². The Hall–Kier alpha value is -2.40. The van der Waals surface area contributed by atoms with Crippen molar-refractivity contribution in [3.8, 4) is 11.5 Å². The van der Waals surface area contributed by atoms with Crippen molar-refractivity contribution in [3.05, 3.63) is 36.4 Å². The summed E-state index contributed by atoms with van der Waals surface area (Å²) in [6.07, 6.45) is 0. The van der Waals surface area contributed by atoms with Crippen LogP contribution in [-0.4, -0.2) is 59.1 Å². The van der Waals surface area contributed by atoms with Crippen LogP contribution >= 0.6 is 11.6 Å². The monoisotopic (exact) mass is 490 g/mol. The molecule has 1 atom stereocenters. The lowest BCUT2D eigenvalue weighted by Gasteiger charge is -2.32. The molecule has 2 rings (SSSR count). The van der Waals surface area contributed by atoms with Gasteiger partial charge in [-0.2, -0.15) is 26.3 Å². The van der Waals surface area contributed by atoms with Gasteiger partial charge in [0.05, 0.1) is 0 Å². The normalized spacial score (nSPS) is 13.3. The second kappa shape index (κ2) is 11.0. The number of hydrogen-bond acceptors (Lipinski definition) is 4. The zero-order valence-electron chi connectivity index (χ0n) is 16.9. The third kappa shape index (κ3) is 7.06. The zero-order valence-corrected chi connectivity index (χ0v) is 17.7. The van der Waals surface area contributed by atoms with Crippen LogP contribution in [0.4, 0.5) is 26.3 Å². The van der Waals surface area contributed by atoms with Gasteiger partial charge in [0.2, 0.25) is 0 Å². The number of alkyl halides is 7. The first-order valence-electron chi connectivity index (χ1n) is 9.08. The van der Waals surface area contributed by atoms with Gasteiger partial charge in [-0.1, -0.05) is 12.1 Å². The maximum atomic E-state index is 13.7. The molecule has 0 aliphatic rings. The molecule has 0 aliphatic carbocycles. The maximum Gasteiger partial charge on any atom is 0.377 e. The molecule has 0 spiro atoms. The van der Waals surface area contributed by atoms with Crippen molar-refractivity contribution in [2.45, 2.75) is 37.0 Å². The summed E-state index contributed by atoms with van der Waals surface area (Å²) in [6, 6.07) is 8.07. The summed E-state index contributed by atoms with van der Waals surface area (Å²) in [6.45, 7) is -1.41. The Balaban J connectivity index is 0.000000751. The first-order valence-corrected chi connectivity index (χ1v) is 9.52. The van der Waals surface area contributed by atoms with E-state index in [1.807, 2.05) is 0 Å². The molecule has 12 heteroatoms. The van der Waals surface area contributed by atoms with E-state index in [2.05, 4.69) is 9.47 Å². The van der Waals surface area contributed by atoms with Crippen LogP contribution < -0.4 is 4.74 Å². The Labute approximate surface area is 184 Å². The van der Waals surface area contributed by atoms with Crippen LogP contribution in [0.1, 0.15) is 13.8 Å². The van der Waals surface area contributed by atoms with E-state index in [0.717, 1.165) is 0 Å². The highest BCUT2D eigenvalue weighted by atomic mass is 35.5. The van der Waals surface area contributed by atoms with Gasteiger partial charge in [0.15, 0.2) is 6.61 Å². The summed E-state index contributed by atoms with van der Waals surface area (Å²) < 4.78 is 90.3. The van der Waals surface area contributed by atoms with Gasteiger partial charge in [-0.25, -0.2) is 0 Å². The quantitative estimate of drug-likeness (QED) is 0.355. The number of aliphatic carboxylic acids is 1. The van der Waals surface area contributed by atoms with Gasteiger partial charge in [-0.05, 0) is 48.9 Å². The molecule has 0 heterocycles. The van der Waals surface area contributed by atoms with E-state index >= 15 is 0 Å². The summed E-state index contributed by atoms with van der Waals surface area (Å²) in [5, 5.41) is 17.5. The standard InChI is InChI=1S/C17H16F6O3.C3H5ClO2/c1-2-25-9-15(18,19)17(22,23)16(20,21)10-26-14-6-4-11-7-13(24)5-3-12(11)8-14;1-2(4)3(5)6/h3-8,24H,2,9-10H2,1H3;2H,1H3,(H,5,6). The van der Waals surface area contributed by atoms with Crippen LogP contribution in [0.15, 0.2) is 36.4 Å². The van der Waals surface area contributed by atoms with Crippen LogP contribution in [0.5, 0.6) is 11.5 Å². The van der Waals surface area contributed by atoms with Crippen LogP contribution in [-0.2, 0) is 9.53 Å². The highest BCUT2D eigenvalue weighted by Gasteiger charge is 2.71. The van der Waals surface area contributed by atoms with Gasteiger partial charge in [0.1, 0.15) is 23.5 Å². The van der Waals surface area contributed by atoms with Crippen molar-refractivity contribution in [3.63, 3.8) is 0 Å². The summed E-state index contributed by atoms with van der Waals surface area (Å²) in [5.74, 6) is -17.0. The Kier molecular flexibility index (Phi) is 9.46. The van der Waals surface area contributed by atoms with E-state index in [9.17, 15) is 36.2 Å². The number of phenolic OH excluding ortho intramolecular Hbond substituents is 1. The van der Waals surface area contributed by atoms with Crippen molar-refractivity contribution < 1.29 is 50.8 Å². The number of rotatable bonds is 9. The van der Waals surface area contributed by atoms with Gasteiger partial charge in [-0.3, -0.25) is 4.79 Å². The van der Waals surface area contributed by atoms with E-state index in [0.29, 0.717) is 10.8 Å². The molecule has 2 aromatic carbocycles. The average Bonchev–Trinajstić information content (AvgIpc) is 2.70. The fraction of sp³-hybridized carbons (Fsp3) is 0.450. The van der Waals surface area contributed by atoms with Crippen LogP contribution in [0.2, 0.25) is 0 Å². The lowest BCUT2D eigenvalue weighted by atomic mass is 10.1. The van der Waals surface area contributed by atoms with E-state index < -0.39 is 42.3 Å². The Bertz CT molecular complexity index is 907. The average molecular weight is 491 g/mol. The maximum absolute atomic E-state index is 13.7. The fourth-order valence-corrected chi connectivity index (χ4v) is 2.15. The highest BCUT2D eigenvalue weighted by molar-refractivity contribution is 6.29. The first-order chi connectivity index (χ1) is 14.6. The molecule has 2 aromatic rings. The lowest BCUT2D eigenvalue weighted by molar-refractivity contribution is -0.324. The molecule has 1 unspecified atom stereocenters. The smallest absolute Gasteiger partial charge is 0.377 e. The second-order valence-electron chi connectivity index (χ2n) is 6.56.